The van der Waals surface area contributed by atoms with Crippen molar-refractivity contribution in [3.63, 3.8) is 0 Å². The number of aryl methyl sites for hydroxylation is 1. The molecule has 0 bridgehead atoms. The maximum absolute atomic E-state index is 12.3. The summed E-state index contributed by atoms with van der Waals surface area (Å²) in [6.07, 6.45) is 4.66. The van der Waals surface area contributed by atoms with Gasteiger partial charge in [-0.15, -0.1) is 0 Å². The minimum Gasteiger partial charge on any atom is -0.326 e. The number of aromatic amines is 1. The molecule has 0 radical (unpaired) electrons. The monoisotopic (exact) mass is 342 g/mol. The van der Waals surface area contributed by atoms with Crippen LogP contribution in [0.5, 0.6) is 0 Å². The molecule has 2 aromatic heterocycles. The van der Waals surface area contributed by atoms with Gasteiger partial charge in [-0.1, -0.05) is 30.3 Å². The highest BCUT2D eigenvalue weighted by atomic mass is 16.1. The van der Waals surface area contributed by atoms with Crippen LogP contribution >= 0.6 is 0 Å². The zero-order valence-electron chi connectivity index (χ0n) is 14.1. The van der Waals surface area contributed by atoms with Crippen LogP contribution in [0.4, 0.5) is 5.69 Å². The third-order valence-corrected chi connectivity index (χ3v) is 4.28. The molecule has 1 amide bonds. The molecule has 0 aliphatic heterocycles. The molecule has 0 unspecified atom stereocenters. The molecule has 2 aromatic carbocycles. The Morgan fingerprint density at radius 1 is 1.00 bits per heavy atom. The predicted octanol–water partition coefficient (Wildman–Crippen LogP) is 4.20. The number of H-pyrrole nitrogens is 1. The van der Waals surface area contributed by atoms with Crippen LogP contribution in [0, 0.1) is 0 Å². The Morgan fingerprint density at radius 2 is 1.81 bits per heavy atom. The summed E-state index contributed by atoms with van der Waals surface area (Å²) in [5.74, 6) is 0.00200. The highest BCUT2D eigenvalue weighted by Crippen LogP contribution is 2.28. The van der Waals surface area contributed by atoms with Crippen molar-refractivity contribution in [1.82, 2.24) is 15.2 Å². The van der Waals surface area contributed by atoms with E-state index in [0.717, 1.165) is 39.8 Å². The Kier molecular flexibility index (Phi) is 4.43. The topological polar surface area (TPSA) is 70.7 Å². The summed E-state index contributed by atoms with van der Waals surface area (Å²) in [6.45, 7) is 0. The quantitative estimate of drug-likeness (QED) is 0.571. The zero-order valence-corrected chi connectivity index (χ0v) is 14.1. The second-order valence-electron chi connectivity index (χ2n) is 6.10. The van der Waals surface area contributed by atoms with Gasteiger partial charge in [0.2, 0.25) is 5.91 Å². The molecule has 4 rings (SSSR count). The Bertz CT molecular complexity index is 1030. The minimum absolute atomic E-state index is 0.00200. The molecule has 128 valence electrons. The SMILES string of the molecule is O=C(CCc1ccccc1)Nc1ccc2[nH]nc(-c3ccncc3)c2c1. The molecule has 0 fully saturated rings. The number of carbonyl (C=O) groups excluding carboxylic acids is 1. The number of pyridine rings is 1. The van der Waals surface area contributed by atoms with E-state index in [0.29, 0.717) is 6.42 Å². The molecule has 4 aromatic rings. The van der Waals surface area contributed by atoms with E-state index in [9.17, 15) is 4.79 Å². The smallest absolute Gasteiger partial charge is 0.224 e. The van der Waals surface area contributed by atoms with Crippen LogP contribution < -0.4 is 5.32 Å². The fourth-order valence-corrected chi connectivity index (χ4v) is 2.95. The zero-order chi connectivity index (χ0) is 17.8. The van der Waals surface area contributed by atoms with Gasteiger partial charge in [0.15, 0.2) is 0 Å². The molecule has 2 N–H and O–H groups in total. The normalized spacial score (nSPS) is 10.8. The van der Waals surface area contributed by atoms with Crippen molar-refractivity contribution < 1.29 is 4.79 Å². The summed E-state index contributed by atoms with van der Waals surface area (Å²) in [7, 11) is 0. The third-order valence-electron chi connectivity index (χ3n) is 4.28. The van der Waals surface area contributed by atoms with E-state index in [1.54, 1.807) is 12.4 Å². The van der Waals surface area contributed by atoms with Crippen molar-refractivity contribution in [2.75, 3.05) is 5.32 Å². The standard InChI is InChI=1S/C21H18N4O/c26-20(9-6-15-4-2-1-3-5-15)23-17-7-8-19-18(14-17)21(25-24-19)16-10-12-22-13-11-16/h1-5,7-8,10-14H,6,9H2,(H,23,26)(H,24,25). The van der Waals surface area contributed by atoms with Crippen LogP contribution in [0.25, 0.3) is 22.2 Å². The minimum atomic E-state index is 0.00200. The van der Waals surface area contributed by atoms with E-state index in [1.165, 1.54) is 0 Å². The van der Waals surface area contributed by atoms with Crippen molar-refractivity contribution >= 4 is 22.5 Å². The number of fused-ring (bicyclic) bond motifs is 1. The van der Waals surface area contributed by atoms with Gasteiger partial charge >= 0.3 is 0 Å². The first-order chi connectivity index (χ1) is 12.8. The average Bonchev–Trinajstić information content (AvgIpc) is 3.11. The van der Waals surface area contributed by atoms with Crippen LogP contribution in [0.15, 0.2) is 73.1 Å². The molecular formula is C21H18N4O. The molecule has 0 saturated carbocycles. The van der Waals surface area contributed by atoms with E-state index < -0.39 is 0 Å². The van der Waals surface area contributed by atoms with Crippen LogP contribution in [0.1, 0.15) is 12.0 Å². The fourth-order valence-electron chi connectivity index (χ4n) is 2.95. The van der Waals surface area contributed by atoms with Crippen molar-refractivity contribution in [2.45, 2.75) is 12.8 Å². The number of hydrogen-bond donors (Lipinski definition) is 2. The maximum Gasteiger partial charge on any atom is 0.224 e. The van der Waals surface area contributed by atoms with E-state index >= 15 is 0 Å². The first-order valence-electron chi connectivity index (χ1n) is 8.52. The van der Waals surface area contributed by atoms with E-state index in [4.69, 9.17) is 0 Å². The van der Waals surface area contributed by atoms with Gasteiger partial charge < -0.3 is 5.32 Å². The molecule has 5 heteroatoms. The van der Waals surface area contributed by atoms with Gasteiger partial charge in [-0.2, -0.15) is 5.10 Å². The van der Waals surface area contributed by atoms with Gasteiger partial charge in [0, 0.05) is 35.5 Å². The number of nitrogens with zero attached hydrogens (tertiary/aromatic N) is 2. The largest absolute Gasteiger partial charge is 0.326 e. The van der Waals surface area contributed by atoms with Gasteiger partial charge in [0.1, 0.15) is 5.69 Å². The summed E-state index contributed by atoms with van der Waals surface area (Å²) in [4.78, 5) is 16.3. The van der Waals surface area contributed by atoms with Gasteiger partial charge in [-0.3, -0.25) is 14.9 Å². The lowest BCUT2D eigenvalue weighted by molar-refractivity contribution is -0.116. The summed E-state index contributed by atoms with van der Waals surface area (Å²) in [5, 5.41) is 11.4. The number of benzene rings is 2. The maximum atomic E-state index is 12.3. The Labute approximate surface area is 151 Å². The van der Waals surface area contributed by atoms with Crippen molar-refractivity contribution in [3.05, 3.63) is 78.6 Å². The lowest BCUT2D eigenvalue weighted by Gasteiger charge is -2.06. The summed E-state index contributed by atoms with van der Waals surface area (Å²) in [5.41, 5.74) is 4.70. The molecule has 26 heavy (non-hydrogen) atoms. The number of amides is 1. The molecule has 0 aliphatic rings. The van der Waals surface area contributed by atoms with Crippen LogP contribution in [-0.4, -0.2) is 21.1 Å². The number of carbonyl (C=O) groups is 1. The highest BCUT2D eigenvalue weighted by Gasteiger charge is 2.10. The van der Waals surface area contributed by atoms with Gasteiger partial charge in [-0.05, 0) is 42.3 Å². The molecular weight excluding hydrogens is 324 g/mol. The summed E-state index contributed by atoms with van der Waals surface area (Å²) < 4.78 is 0. The lowest BCUT2D eigenvalue weighted by atomic mass is 10.1. The first kappa shape index (κ1) is 16.0. The van der Waals surface area contributed by atoms with Crippen LogP contribution in [0.2, 0.25) is 0 Å². The molecule has 0 spiro atoms. The lowest BCUT2D eigenvalue weighted by Crippen LogP contribution is -2.12. The van der Waals surface area contributed by atoms with Crippen LogP contribution in [0.3, 0.4) is 0 Å². The summed E-state index contributed by atoms with van der Waals surface area (Å²) >= 11 is 0. The Balaban J connectivity index is 1.51. The van der Waals surface area contributed by atoms with Gasteiger partial charge in [-0.25, -0.2) is 0 Å². The molecule has 0 saturated heterocycles. The average molecular weight is 342 g/mol. The second kappa shape index (κ2) is 7.19. The van der Waals surface area contributed by atoms with E-state index in [-0.39, 0.29) is 5.91 Å². The van der Waals surface area contributed by atoms with Gasteiger partial charge in [0.05, 0.1) is 5.52 Å². The predicted molar refractivity (Wildman–Crippen MR) is 103 cm³/mol. The highest BCUT2D eigenvalue weighted by molar-refractivity contribution is 5.98. The molecule has 0 atom stereocenters. The molecule has 2 heterocycles. The number of nitrogens with one attached hydrogen (secondary N) is 2. The van der Waals surface area contributed by atoms with E-state index in [1.807, 2.05) is 60.7 Å². The van der Waals surface area contributed by atoms with Crippen molar-refractivity contribution in [1.29, 1.82) is 0 Å². The van der Waals surface area contributed by atoms with Gasteiger partial charge in [0.25, 0.3) is 0 Å². The van der Waals surface area contributed by atoms with Crippen LogP contribution in [-0.2, 0) is 11.2 Å². The number of anilines is 1. The van der Waals surface area contributed by atoms with Crippen molar-refractivity contribution in [2.24, 2.45) is 0 Å². The van der Waals surface area contributed by atoms with Crippen molar-refractivity contribution in [3.8, 4) is 11.3 Å². The number of hydrogen-bond acceptors (Lipinski definition) is 3. The number of aromatic nitrogens is 3. The van der Waals surface area contributed by atoms with E-state index in [2.05, 4.69) is 20.5 Å². The Hall–Kier alpha value is -3.47. The summed E-state index contributed by atoms with van der Waals surface area (Å²) in [6, 6.07) is 19.6. The fraction of sp³-hybridized carbons (Fsp3) is 0.0952. The number of rotatable bonds is 5. The first-order valence-corrected chi connectivity index (χ1v) is 8.52. The third kappa shape index (κ3) is 3.47. The Morgan fingerprint density at radius 3 is 2.62 bits per heavy atom. The molecule has 0 aliphatic carbocycles. The molecule has 5 nitrogen and oxygen atoms in total. The second-order valence-corrected chi connectivity index (χ2v) is 6.10.